The van der Waals surface area contributed by atoms with Gasteiger partial charge in [0.1, 0.15) is 5.75 Å². The molecule has 1 atom stereocenters. The summed E-state index contributed by atoms with van der Waals surface area (Å²) in [5.41, 5.74) is 2.81. The Balaban J connectivity index is 1.62. The van der Waals surface area contributed by atoms with Gasteiger partial charge in [0.05, 0.1) is 18.6 Å². The van der Waals surface area contributed by atoms with E-state index < -0.39 is 0 Å². The molecule has 3 aromatic rings. The second-order valence-electron chi connectivity index (χ2n) is 7.75. The number of ether oxygens (including phenoxy) is 1. The fraction of sp³-hybridized carbons (Fsp3) is 0.280. The molecule has 1 unspecified atom stereocenters. The summed E-state index contributed by atoms with van der Waals surface area (Å²) in [5, 5.41) is 2.06. The third-order valence-electron chi connectivity index (χ3n) is 5.77. The summed E-state index contributed by atoms with van der Waals surface area (Å²) in [6.07, 6.45) is 0.590. The van der Waals surface area contributed by atoms with Gasteiger partial charge in [-0.1, -0.05) is 42.5 Å². The van der Waals surface area contributed by atoms with E-state index in [-0.39, 0.29) is 17.7 Å². The molecule has 1 saturated heterocycles. The van der Waals surface area contributed by atoms with Crippen molar-refractivity contribution in [2.45, 2.75) is 6.42 Å². The molecule has 0 saturated carbocycles. The van der Waals surface area contributed by atoms with Crippen LogP contribution in [0.2, 0.25) is 0 Å². The Bertz CT molecular complexity index is 1060. The Hall–Kier alpha value is -3.12. The average Bonchev–Trinajstić information content (AvgIpc) is 3.30. The first kappa shape index (κ1) is 21.1. The van der Waals surface area contributed by atoms with Crippen molar-refractivity contribution in [3.63, 3.8) is 0 Å². The number of hydrogen-bond donors (Lipinski definition) is 0. The zero-order valence-electron chi connectivity index (χ0n) is 17.8. The van der Waals surface area contributed by atoms with Crippen LogP contribution in [0.25, 0.3) is 10.4 Å². The van der Waals surface area contributed by atoms with Crippen LogP contribution in [0.5, 0.6) is 5.75 Å². The highest BCUT2D eigenvalue weighted by atomic mass is 32.1. The molecule has 160 valence electrons. The summed E-state index contributed by atoms with van der Waals surface area (Å²) in [6, 6.07) is 19.6. The first-order chi connectivity index (χ1) is 15.1. The molecular weight excluding hydrogens is 408 g/mol. The highest BCUT2D eigenvalue weighted by Gasteiger charge is 2.32. The van der Waals surface area contributed by atoms with Gasteiger partial charge < -0.3 is 14.5 Å². The average molecular weight is 435 g/mol. The van der Waals surface area contributed by atoms with Gasteiger partial charge >= 0.3 is 0 Å². The number of rotatable bonds is 5. The molecule has 2 aromatic carbocycles. The SMILES string of the molecule is COc1ccccc1C(=O)N1CCN(C)C(=O)C(Cc2ccccc2-c2cccs2)C1. The van der Waals surface area contributed by atoms with Gasteiger partial charge in [0, 0.05) is 31.6 Å². The molecule has 1 aliphatic heterocycles. The molecule has 0 aliphatic carbocycles. The standard InChI is InChI=1S/C25H26N2O3S/c1-26-13-14-27(25(29)21-10-5-6-11-22(21)30-2)17-19(24(26)28)16-18-8-3-4-9-20(18)23-12-7-15-31-23/h3-12,15,19H,13-14,16-17H2,1-2H3. The number of amides is 2. The monoisotopic (exact) mass is 434 g/mol. The molecule has 0 bridgehead atoms. The summed E-state index contributed by atoms with van der Waals surface area (Å²) in [6.45, 7) is 1.41. The fourth-order valence-electron chi connectivity index (χ4n) is 4.09. The molecule has 0 spiro atoms. The fourth-order valence-corrected chi connectivity index (χ4v) is 4.88. The molecule has 1 aliphatic rings. The molecular formula is C25H26N2O3S. The molecule has 2 amide bonds. The van der Waals surface area contributed by atoms with Crippen molar-refractivity contribution in [1.29, 1.82) is 0 Å². The molecule has 1 aromatic heterocycles. The van der Waals surface area contributed by atoms with Crippen molar-refractivity contribution in [2.75, 3.05) is 33.8 Å². The summed E-state index contributed by atoms with van der Waals surface area (Å²) in [5.74, 6) is 0.233. The number of nitrogens with zero attached hydrogens (tertiary/aromatic N) is 2. The maximum atomic E-state index is 13.3. The summed E-state index contributed by atoms with van der Waals surface area (Å²) in [4.78, 5) is 31.2. The first-order valence-corrected chi connectivity index (χ1v) is 11.3. The lowest BCUT2D eigenvalue weighted by atomic mass is 9.93. The topological polar surface area (TPSA) is 49.9 Å². The summed E-state index contributed by atoms with van der Waals surface area (Å²) >= 11 is 1.69. The van der Waals surface area contributed by atoms with Crippen molar-refractivity contribution >= 4 is 23.2 Å². The van der Waals surface area contributed by atoms with Crippen LogP contribution in [-0.2, 0) is 11.2 Å². The number of carbonyl (C=O) groups excluding carboxylic acids is 2. The third-order valence-corrected chi connectivity index (χ3v) is 6.67. The van der Waals surface area contributed by atoms with Gasteiger partial charge in [-0.05, 0) is 41.1 Å². The first-order valence-electron chi connectivity index (χ1n) is 10.4. The summed E-state index contributed by atoms with van der Waals surface area (Å²) in [7, 11) is 3.38. The van der Waals surface area contributed by atoms with Crippen LogP contribution in [0.3, 0.4) is 0 Å². The van der Waals surface area contributed by atoms with E-state index in [0.29, 0.717) is 37.4 Å². The van der Waals surface area contributed by atoms with Crippen molar-refractivity contribution in [2.24, 2.45) is 5.92 Å². The second kappa shape index (κ2) is 9.35. The number of carbonyl (C=O) groups is 2. The van der Waals surface area contributed by atoms with Gasteiger partial charge in [0.25, 0.3) is 5.91 Å². The Morgan fingerprint density at radius 2 is 1.84 bits per heavy atom. The van der Waals surface area contributed by atoms with Gasteiger partial charge in [-0.15, -0.1) is 11.3 Å². The minimum atomic E-state index is -0.299. The quantitative estimate of drug-likeness (QED) is 0.605. The molecule has 2 heterocycles. The molecule has 6 heteroatoms. The molecule has 5 nitrogen and oxygen atoms in total. The maximum absolute atomic E-state index is 13.3. The zero-order chi connectivity index (χ0) is 21.8. The number of hydrogen-bond acceptors (Lipinski definition) is 4. The number of benzene rings is 2. The van der Waals surface area contributed by atoms with Gasteiger partial charge in [-0.25, -0.2) is 0 Å². The zero-order valence-corrected chi connectivity index (χ0v) is 18.6. The summed E-state index contributed by atoms with van der Waals surface area (Å²) < 4.78 is 5.39. The third kappa shape index (κ3) is 4.49. The molecule has 0 N–H and O–H groups in total. The number of likely N-dealkylation sites (N-methyl/N-ethyl adjacent to an activating group) is 1. The van der Waals surface area contributed by atoms with Crippen LogP contribution < -0.4 is 4.74 Å². The number of para-hydroxylation sites is 1. The Labute approximate surface area is 186 Å². The minimum Gasteiger partial charge on any atom is -0.496 e. The van der Waals surface area contributed by atoms with E-state index in [4.69, 9.17) is 4.74 Å². The Morgan fingerprint density at radius 1 is 1.06 bits per heavy atom. The number of methoxy groups -OCH3 is 1. The predicted molar refractivity (Wildman–Crippen MR) is 123 cm³/mol. The van der Waals surface area contributed by atoms with Crippen LogP contribution >= 0.6 is 11.3 Å². The highest BCUT2D eigenvalue weighted by Crippen LogP contribution is 2.30. The van der Waals surface area contributed by atoms with Crippen LogP contribution in [0.4, 0.5) is 0 Å². The van der Waals surface area contributed by atoms with E-state index in [1.807, 2.05) is 37.4 Å². The van der Waals surface area contributed by atoms with E-state index in [2.05, 4.69) is 23.6 Å². The van der Waals surface area contributed by atoms with Crippen LogP contribution in [0.1, 0.15) is 15.9 Å². The predicted octanol–water partition coefficient (Wildman–Crippen LogP) is 4.20. The van der Waals surface area contributed by atoms with Crippen molar-refractivity contribution in [1.82, 2.24) is 9.80 Å². The van der Waals surface area contributed by atoms with E-state index in [9.17, 15) is 9.59 Å². The smallest absolute Gasteiger partial charge is 0.257 e. The van der Waals surface area contributed by atoms with Gasteiger partial charge in [-0.3, -0.25) is 9.59 Å². The van der Waals surface area contributed by atoms with Crippen molar-refractivity contribution in [3.8, 4) is 16.2 Å². The van der Waals surface area contributed by atoms with Crippen molar-refractivity contribution < 1.29 is 14.3 Å². The second-order valence-corrected chi connectivity index (χ2v) is 8.69. The highest BCUT2D eigenvalue weighted by molar-refractivity contribution is 7.13. The number of thiophene rings is 1. The van der Waals surface area contributed by atoms with E-state index in [1.54, 1.807) is 40.4 Å². The molecule has 1 fully saturated rings. The van der Waals surface area contributed by atoms with Crippen LogP contribution in [0, 0.1) is 5.92 Å². The molecule has 31 heavy (non-hydrogen) atoms. The lowest BCUT2D eigenvalue weighted by Crippen LogP contribution is -2.37. The maximum Gasteiger partial charge on any atom is 0.257 e. The van der Waals surface area contributed by atoms with Gasteiger partial charge in [-0.2, -0.15) is 0 Å². The lowest BCUT2D eigenvalue weighted by molar-refractivity contribution is -0.133. The van der Waals surface area contributed by atoms with Gasteiger partial charge in [0.2, 0.25) is 5.91 Å². The van der Waals surface area contributed by atoms with Crippen molar-refractivity contribution in [3.05, 3.63) is 77.2 Å². The largest absolute Gasteiger partial charge is 0.496 e. The van der Waals surface area contributed by atoms with E-state index in [0.717, 1.165) is 11.1 Å². The van der Waals surface area contributed by atoms with Crippen LogP contribution in [-0.4, -0.2) is 55.4 Å². The molecule has 4 rings (SSSR count). The normalized spacial score (nSPS) is 16.8. The van der Waals surface area contributed by atoms with Crippen LogP contribution in [0.15, 0.2) is 66.0 Å². The van der Waals surface area contributed by atoms with E-state index >= 15 is 0 Å². The lowest BCUT2D eigenvalue weighted by Gasteiger charge is -2.24. The van der Waals surface area contributed by atoms with Gasteiger partial charge in [0.15, 0.2) is 0 Å². The molecule has 0 radical (unpaired) electrons. The Morgan fingerprint density at radius 3 is 2.61 bits per heavy atom. The van der Waals surface area contributed by atoms with E-state index in [1.165, 1.54) is 4.88 Å². The minimum absolute atomic E-state index is 0.0799. The Kier molecular flexibility index (Phi) is 6.37.